The maximum Gasteiger partial charge on any atom is 0.316 e. The Morgan fingerprint density at radius 3 is 2.72 bits per heavy atom. The molecule has 0 saturated heterocycles. The number of methoxy groups -OCH3 is 1. The van der Waals surface area contributed by atoms with E-state index in [1.807, 2.05) is 14.0 Å². The highest BCUT2D eigenvalue weighted by atomic mass is 32.2. The fraction of sp³-hybridized carbons (Fsp3) is 0.583. The maximum absolute atomic E-state index is 11.2. The van der Waals surface area contributed by atoms with E-state index in [9.17, 15) is 4.79 Å². The number of carbonyl (C=O) groups excluding carboxylic acids is 1. The molecule has 0 atom stereocenters. The minimum atomic E-state index is -0.249. The highest BCUT2D eigenvalue weighted by molar-refractivity contribution is 7.99. The molecule has 0 aliphatic rings. The Morgan fingerprint density at radius 1 is 1.44 bits per heavy atom. The Bertz CT molecular complexity index is 424. The van der Waals surface area contributed by atoms with Gasteiger partial charge in [0.05, 0.1) is 12.9 Å². The van der Waals surface area contributed by atoms with E-state index in [-0.39, 0.29) is 11.7 Å². The molecule has 1 rings (SSSR count). The average molecular weight is 269 g/mol. The van der Waals surface area contributed by atoms with Crippen LogP contribution in [0, 0.1) is 6.92 Å². The van der Waals surface area contributed by atoms with Gasteiger partial charge in [-0.1, -0.05) is 18.7 Å². The Labute approximate surface area is 112 Å². The highest BCUT2D eigenvalue weighted by Crippen LogP contribution is 2.25. The third kappa shape index (κ3) is 3.87. The van der Waals surface area contributed by atoms with Crippen molar-refractivity contribution in [2.75, 3.05) is 25.2 Å². The number of rotatable bonds is 6. The lowest BCUT2D eigenvalue weighted by Gasteiger charge is -2.11. The summed E-state index contributed by atoms with van der Waals surface area (Å²) < 4.78 is 4.63. The Balaban J connectivity index is 2.93. The van der Waals surface area contributed by atoms with Crippen LogP contribution in [0.5, 0.6) is 0 Å². The van der Waals surface area contributed by atoms with Crippen molar-refractivity contribution in [3.8, 4) is 0 Å². The fourth-order valence-corrected chi connectivity index (χ4v) is 2.30. The van der Waals surface area contributed by atoms with Gasteiger partial charge in [-0.05, 0) is 13.3 Å². The third-order valence-corrected chi connectivity index (χ3v) is 3.46. The standard InChI is InChI=1S/C12H19N3O2S/c1-5-6-9-14-11(13-3)8(2)12(15-9)18-7-10(16)17-4/h5-7H2,1-4H3,(H,13,14,15). The van der Waals surface area contributed by atoms with Gasteiger partial charge in [-0.2, -0.15) is 0 Å². The molecule has 18 heavy (non-hydrogen) atoms. The topological polar surface area (TPSA) is 64.1 Å². The number of esters is 1. The second-order valence-corrected chi connectivity index (χ2v) is 4.75. The summed E-state index contributed by atoms with van der Waals surface area (Å²) in [6.07, 6.45) is 1.83. The Hall–Kier alpha value is -1.30. The first-order chi connectivity index (χ1) is 8.62. The molecule has 0 unspecified atom stereocenters. The first-order valence-corrected chi connectivity index (χ1v) is 6.85. The number of ether oxygens (including phenoxy) is 1. The van der Waals surface area contributed by atoms with Crippen LogP contribution in [0.4, 0.5) is 5.82 Å². The number of aromatic nitrogens is 2. The molecular weight excluding hydrogens is 250 g/mol. The van der Waals surface area contributed by atoms with Crippen molar-refractivity contribution in [1.82, 2.24) is 9.97 Å². The normalized spacial score (nSPS) is 10.2. The summed E-state index contributed by atoms with van der Waals surface area (Å²) >= 11 is 1.38. The van der Waals surface area contributed by atoms with Crippen molar-refractivity contribution >= 4 is 23.5 Å². The van der Waals surface area contributed by atoms with Crippen LogP contribution in [0.15, 0.2) is 5.03 Å². The minimum absolute atomic E-state index is 0.249. The summed E-state index contributed by atoms with van der Waals surface area (Å²) in [6.45, 7) is 4.03. The molecule has 5 nitrogen and oxygen atoms in total. The number of nitrogens with one attached hydrogen (secondary N) is 1. The molecule has 0 spiro atoms. The summed E-state index contributed by atoms with van der Waals surface area (Å²) in [5.74, 6) is 1.64. The summed E-state index contributed by atoms with van der Waals surface area (Å²) in [7, 11) is 3.22. The number of hydrogen-bond donors (Lipinski definition) is 1. The maximum atomic E-state index is 11.2. The molecule has 1 heterocycles. The van der Waals surface area contributed by atoms with E-state index in [1.165, 1.54) is 18.9 Å². The SMILES string of the molecule is CCCc1nc(NC)c(C)c(SCC(=O)OC)n1. The lowest BCUT2D eigenvalue weighted by molar-refractivity contribution is -0.137. The largest absolute Gasteiger partial charge is 0.468 e. The molecule has 1 aromatic heterocycles. The second kappa shape index (κ2) is 7.20. The number of nitrogens with zero attached hydrogens (tertiary/aromatic N) is 2. The minimum Gasteiger partial charge on any atom is -0.468 e. The van der Waals surface area contributed by atoms with Crippen LogP contribution in [0.2, 0.25) is 0 Å². The average Bonchev–Trinajstić information content (AvgIpc) is 2.38. The van der Waals surface area contributed by atoms with Gasteiger partial charge in [-0.3, -0.25) is 4.79 Å². The van der Waals surface area contributed by atoms with Crippen molar-refractivity contribution in [1.29, 1.82) is 0 Å². The first kappa shape index (κ1) is 14.8. The molecular formula is C12H19N3O2S. The van der Waals surface area contributed by atoms with Gasteiger partial charge in [0, 0.05) is 19.0 Å². The first-order valence-electron chi connectivity index (χ1n) is 5.87. The zero-order valence-electron chi connectivity index (χ0n) is 11.2. The van der Waals surface area contributed by atoms with Gasteiger partial charge < -0.3 is 10.1 Å². The summed E-state index contributed by atoms with van der Waals surface area (Å²) in [4.78, 5) is 20.1. The van der Waals surface area contributed by atoms with Gasteiger partial charge in [-0.15, -0.1) is 0 Å². The zero-order chi connectivity index (χ0) is 13.5. The highest BCUT2D eigenvalue weighted by Gasteiger charge is 2.12. The fourth-order valence-electron chi connectivity index (χ4n) is 1.45. The monoisotopic (exact) mass is 269 g/mol. The molecule has 0 aromatic carbocycles. The van der Waals surface area contributed by atoms with Crippen molar-refractivity contribution in [3.05, 3.63) is 11.4 Å². The quantitative estimate of drug-likeness (QED) is 0.484. The van der Waals surface area contributed by atoms with Gasteiger partial charge in [0.1, 0.15) is 16.7 Å². The lowest BCUT2D eigenvalue weighted by atomic mass is 10.3. The smallest absolute Gasteiger partial charge is 0.316 e. The zero-order valence-corrected chi connectivity index (χ0v) is 12.1. The van der Waals surface area contributed by atoms with Crippen LogP contribution < -0.4 is 5.32 Å². The lowest BCUT2D eigenvalue weighted by Crippen LogP contribution is -2.07. The van der Waals surface area contributed by atoms with Gasteiger partial charge in [0.15, 0.2) is 0 Å². The van der Waals surface area contributed by atoms with Crippen LogP contribution >= 0.6 is 11.8 Å². The van der Waals surface area contributed by atoms with E-state index in [1.54, 1.807) is 0 Å². The van der Waals surface area contributed by atoms with E-state index in [0.29, 0.717) is 0 Å². The second-order valence-electron chi connectivity index (χ2n) is 3.78. The molecule has 6 heteroatoms. The third-order valence-electron chi connectivity index (χ3n) is 2.41. The number of aryl methyl sites for hydroxylation is 1. The number of anilines is 1. The van der Waals surface area contributed by atoms with E-state index in [0.717, 1.165) is 35.1 Å². The molecule has 0 aliphatic heterocycles. The van der Waals surface area contributed by atoms with Gasteiger partial charge in [0.25, 0.3) is 0 Å². The summed E-state index contributed by atoms with van der Waals surface area (Å²) in [5.41, 5.74) is 0.964. The van der Waals surface area contributed by atoms with Crippen molar-refractivity contribution < 1.29 is 9.53 Å². The number of thioether (sulfide) groups is 1. The van der Waals surface area contributed by atoms with Crippen LogP contribution in [0.3, 0.4) is 0 Å². The van der Waals surface area contributed by atoms with E-state index < -0.39 is 0 Å². The van der Waals surface area contributed by atoms with Gasteiger partial charge in [0.2, 0.25) is 0 Å². The number of hydrogen-bond acceptors (Lipinski definition) is 6. The molecule has 100 valence electrons. The predicted octanol–water partition coefficient (Wildman–Crippen LogP) is 2.04. The van der Waals surface area contributed by atoms with Crippen LogP contribution in [0.1, 0.15) is 24.7 Å². The molecule has 1 aromatic rings. The van der Waals surface area contributed by atoms with Gasteiger partial charge >= 0.3 is 5.97 Å². The van der Waals surface area contributed by atoms with Crippen molar-refractivity contribution in [2.45, 2.75) is 31.7 Å². The molecule has 0 aliphatic carbocycles. The summed E-state index contributed by atoms with van der Waals surface area (Å²) in [6, 6.07) is 0. The van der Waals surface area contributed by atoms with E-state index in [4.69, 9.17) is 0 Å². The van der Waals surface area contributed by atoms with Crippen molar-refractivity contribution in [3.63, 3.8) is 0 Å². The molecule has 0 bridgehead atoms. The van der Waals surface area contributed by atoms with Crippen molar-refractivity contribution in [2.24, 2.45) is 0 Å². The predicted molar refractivity (Wildman–Crippen MR) is 73.1 cm³/mol. The van der Waals surface area contributed by atoms with Crippen LogP contribution in [0.25, 0.3) is 0 Å². The van der Waals surface area contributed by atoms with Gasteiger partial charge in [-0.25, -0.2) is 9.97 Å². The summed E-state index contributed by atoms with van der Waals surface area (Å²) in [5, 5.41) is 3.89. The molecule has 0 saturated carbocycles. The molecule has 0 fully saturated rings. The van der Waals surface area contributed by atoms with E-state index >= 15 is 0 Å². The molecule has 0 amide bonds. The Kier molecular flexibility index (Phi) is 5.91. The van der Waals surface area contributed by atoms with Crippen LogP contribution in [-0.4, -0.2) is 35.8 Å². The van der Waals surface area contributed by atoms with E-state index in [2.05, 4.69) is 26.9 Å². The van der Waals surface area contributed by atoms with Crippen LogP contribution in [-0.2, 0) is 16.0 Å². The Morgan fingerprint density at radius 2 is 2.17 bits per heavy atom. The molecule has 0 radical (unpaired) electrons. The molecule has 1 N–H and O–H groups in total. The number of carbonyl (C=O) groups is 1.